The zero-order valence-corrected chi connectivity index (χ0v) is 16.4. The summed E-state index contributed by atoms with van der Waals surface area (Å²) >= 11 is 0. The Morgan fingerprint density at radius 2 is 1.87 bits per heavy atom. The largest absolute Gasteiger partial charge is 0.416 e. The number of carbonyl (C=O) groups excluding carboxylic acids is 1. The summed E-state index contributed by atoms with van der Waals surface area (Å²) in [4.78, 5) is 20.0. The number of halogens is 3. The number of nitrogens with zero attached hydrogens (tertiary/aromatic N) is 2. The molecule has 7 heteroatoms. The Morgan fingerprint density at radius 1 is 1.10 bits per heavy atom. The van der Waals surface area contributed by atoms with Gasteiger partial charge in [0.2, 0.25) is 0 Å². The van der Waals surface area contributed by atoms with E-state index in [4.69, 9.17) is 0 Å². The lowest BCUT2D eigenvalue weighted by Crippen LogP contribution is -2.57. The molecule has 3 fully saturated rings. The van der Waals surface area contributed by atoms with Crippen molar-refractivity contribution in [2.75, 3.05) is 19.6 Å². The fraction of sp³-hybridized carbons (Fsp3) is 0.391. The van der Waals surface area contributed by atoms with Crippen molar-refractivity contribution in [2.45, 2.75) is 31.5 Å². The second-order valence-electron chi connectivity index (χ2n) is 8.35. The monoisotopic (exact) mass is 413 g/mol. The second kappa shape index (κ2) is 7.23. The Hall–Kier alpha value is -2.67. The summed E-state index contributed by atoms with van der Waals surface area (Å²) in [6.45, 7) is 3.08. The fourth-order valence-electron chi connectivity index (χ4n) is 4.82. The summed E-state index contributed by atoms with van der Waals surface area (Å²) < 4.78 is 39.2. The zero-order chi connectivity index (χ0) is 20.9. The molecule has 1 unspecified atom stereocenters. The molecule has 2 aromatic carbocycles. The molecule has 156 valence electrons. The van der Waals surface area contributed by atoms with E-state index in [1.54, 1.807) is 12.1 Å². The summed E-state index contributed by atoms with van der Waals surface area (Å²) in [6, 6.07) is 10.8. The van der Waals surface area contributed by atoms with Gasteiger partial charge in [0.15, 0.2) is 0 Å². The molecular formula is C23H22F3N3O. The predicted molar refractivity (Wildman–Crippen MR) is 108 cm³/mol. The quantitative estimate of drug-likeness (QED) is 0.820. The maximum Gasteiger partial charge on any atom is 0.416 e. The highest BCUT2D eigenvalue weighted by Gasteiger charge is 2.36. The van der Waals surface area contributed by atoms with Crippen molar-refractivity contribution in [3.63, 3.8) is 0 Å². The average molecular weight is 413 g/mol. The molecule has 1 atom stereocenters. The Morgan fingerprint density at radius 3 is 2.57 bits per heavy atom. The Kier molecular flexibility index (Phi) is 4.65. The van der Waals surface area contributed by atoms with Crippen molar-refractivity contribution in [3.8, 4) is 0 Å². The van der Waals surface area contributed by atoms with Crippen LogP contribution >= 0.6 is 0 Å². The van der Waals surface area contributed by atoms with Crippen molar-refractivity contribution in [1.82, 2.24) is 10.2 Å². The standard InChI is InChI=1S/C23H22F3N3O/c24-23(25,26)17-5-1-3-15(11-17)19-12-16-4-2-6-18(21(16)27-19)22(30)28-20-13-29-9-7-14(20)8-10-29/h1-6,11,14,20H,7-10,12-13H2,(H,28,30). The first kappa shape index (κ1) is 19.3. The third kappa shape index (κ3) is 3.51. The molecule has 2 bridgehead atoms. The van der Waals surface area contributed by atoms with Gasteiger partial charge >= 0.3 is 6.18 Å². The lowest BCUT2D eigenvalue weighted by Gasteiger charge is -2.44. The highest BCUT2D eigenvalue weighted by Crippen LogP contribution is 2.35. The maximum atomic E-state index is 13.1. The van der Waals surface area contributed by atoms with Crippen LogP contribution in [-0.4, -0.2) is 42.2 Å². The van der Waals surface area contributed by atoms with Gasteiger partial charge in [0, 0.05) is 19.0 Å². The molecule has 1 amide bonds. The summed E-state index contributed by atoms with van der Waals surface area (Å²) in [6.07, 6.45) is -1.77. The molecule has 4 nitrogen and oxygen atoms in total. The van der Waals surface area contributed by atoms with E-state index in [0.717, 1.165) is 50.2 Å². The van der Waals surface area contributed by atoms with Gasteiger partial charge in [-0.25, -0.2) is 0 Å². The molecule has 2 aromatic rings. The first-order chi connectivity index (χ1) is 14.4. The summed E-state index contributed by atoms with van der Waals surface area (Å²) in [5.74, 6) is 0.361. The first-order valence-electron chi connectivity index (χ1n) is 10.3. The predicted octanol–water partition coefficient (Wildman–Crippen LogP) is 4.21. The van der Waals surface area contributed by atoms with Gasteiger partial charge in [-0.2, -0.15) is 13.2 Å². The van der Waals surface area contributed by atoms with Crippen molar-refractivity contribution >= 4 is 17.3 Å². The van der Waals surface area contributed by atoms with Gasteiger partial charge in [-0.3, -0.25) is 9.79 Å². The lowest BCUT2D eigenvalue weighted by molar-refractivity contribution is -0.137. The molecule has 4 aliphatic heterocycles. The minimum atomic E-state index is -4.40. The topological polar surface area (TPSA) is 44.7 Å². The molecule has 3 saturated heterocycles. The van der Waals surface area contributed by atoms with Gasteiger partial charge in [0.25, 0.3) is 5.91 Å². The Bertz CT molecular complexity index is 1020. The highest BCUT2D eigenvalue weighted by atomic mass is 19.4. The molecule has 0 saturated carbocycles. The van der Waals surface area contributed by atoms with Crippen LogP contribution in [0.4, 0.5) is 18.9 Å². The summed E-state index contributed by atoms with van der Waals surface area (Å²) in [5, 5.41) is 3.18. The molecule has 30 heavy (non-hydrogen) atoms. The maximum absolute atomic E-state index is 13.1. The van der Waals surface area contributed by atoms with Gasteiger partial charge in [0.1, 0.15) is 0 Å². The number of piperidine rings is 3. The van der Waals surface area contributed by atoms with Crippen LogP contribution in [0.2, 0.25) is 0 Å². The number of nitrogens with one attached hydrogen (secondary N) is 1. The van der Waals surface area contributed by atoms with Crippen LogP contribution in [0.5, 0.6) is 0 Å². The van der Waals surface area contributed by atoms with E-state index in [9.17, 15) is 18.0 Å². The van der Waals surface area contributed by atoms with Crippen molar-refractivity contribution in [1.29, 1.82) is 0 Å². The number of para-hydroxylation sites is 1. The van der Waals surface area contributed by atoms with E-state index in [-0.39, 0.29) is 11.9 Å². The Balaban J connectivity index is 1.40. The molecule has 1 N–H and O–H groups in total. The number of amides is 1. The first-order valence-corrected chi connectivity index (χ1v) is 10.3. The summed E-state index contributed by atoms with van der Waals surface area (Å²) in [5.41, 5.74) is 2.22. The number of aliphatic imine (C=N–C) groups is 1. The van der Waals surface area contributed by atoms with Crippen LogP contribution in [0.25, 0.3) is 0 Å². The number of hydrogen-bond donors (Lipinski definition) is 1. The van der Waals surface area contributed by atoms with E-state index < -0.39 is 11.7 Å². The number of rotatable bonds is 3. The van der Waals surface area contributed by atoms with Crippen LogP contribution in [0.3, 0.4) is 0 Å². The van der Waals surface area contributed by atoms with E-state index in [2.05, 4.69) is 15.2 Å². The highest BCUT2D eigenvalue weighted by molar-refractivity contribution is 6.10. The minimum absolute atomic E-state index is 0.143. The lowest BCUT2D eigenvalue weighted by atomic mass is 9.84. The van der Waals surface area contributed by atoms with Crippen LogP contribution in [0, 0.1) is 5.92 Å². The number of carbonyl (C=O) groups is 1. The number of benzene rings is 2. The molecular weight excluding hydrogens is 391 g/mol. The van der Waals surface area contributed by atoms with E-state index >= 15 is 0 Å². The van der Waals surface area contributed by atoms with Crippen LogP contribution < -0.4 is 5.32 Å². The zero-order valence-electron chi connectivity index (χ0n) is 16.4. The third-order valence-corrected chi connectivity index (χ3v) is 6.46. The third-order valence-electron chi connectivity index (χ3n) is 6.46. The molecule has 0 aromatic heterocycles. The van der Waals surface area contributed by atoms with Crippen molar-refractivity contribution < 1.29 is 18.0 Å². The number of alkyl halides is 3. The molecule has 4 aliphatic rings. The summed E-state index contributed by atoms with van der Waals surface area (Å²) in [7, 11) is 0. The number of hydrogen-bond acceptors (Lipinski definition) is 3. The Labute approximate surface area is 172 Å². The van der Waals surface area contributed by atoms with Gasteiger partial charge in [-0.15, -0.1) is 0 Å². The van der Waals surface area contributed by atoms with Gasteiger partial charge < -0.3 is 10.2 Å². The SMILES string of the molecule is O=C(NC1CN2CCC1CC2)c1cccc2c1N=C(c1cccc(C(F)(F)F)c1)C2. The molecule has 0 aliphatic carbocycles. The van der Waals surface area contributed by atoms with E-state index in [0.29, 0.717) is 34.9 Å². The van der Waals surface area contributed by atoms with Crippen LogP contribution in [-0.2, 0) is 12.6 Å². The number of fused-ring (bicyclic) bond motifs is 4. The van der Waals surface area contributed by atoms with Gasteiger partial charge in [-0.1, -0.05) is 24.3 Å². The molecule has 6 rings (SSSR count). The smallest absolute Gasteiger partial charge is 0.348 e. The second-order valence-corrected chi connectivity index (χ2v) is 8.35. The molecule has 4 heterocycles. The van der Waals surface area contributed by atoms with Gasteiger partial charge in [0.05, 0.1) is 22.5 Å². The van der Waals surface area contributed by atoms with E-state index in [1.165, 1.54) is 6.07 Å². The minimum Gasteiger partial charge on any atom is -0.348 e. The van der Waals surface area contributed by atoms with Gasteiger partial charge in [-0.05, 0) is 61.2 Å². The van der Waals surface area contributed by atoms with E-state index in [1.807, 2.05) is 12.1 Å². The molecule has 0 radical (unpaired) electrons. The normalized spacial score (nSPS) is 25.0. The van der Waals surface area contributed by atoms with Crippen molar-refractivity contribution in [3.05, 3.63) is 64.7 Å². The molecule has 0 spiro atoms. The van der Waals surface area contributed by atoms with Crippen molar-refractivity contribution in [2.24, 2.45) is 10.9 Å². The average Bonchev–Trinajstić information content (AvgIpc) is 3.18. The van der Waals surface area contributed by atoms with Crippen LogP contribution in [0.15, 0.2) is 47.5 Å². The van der Waals surface area contributed by atoms with Crippen LogP contribution in [0.1, 0.15) is 39.9 Å². The fourth-order valence-corrected chi connectivity index (χ4v) is 4.82.